The summed E-state index contributed by atoms with van der Waals surface area (Å²) in [6.07, 6.45) is 0. The second-order valence-corrected chi connectivity index (χ2v) is 7.15. The van der Waals surface area contributed by atoms with Crippen LogP contribution in [-0.2, 0) is 0 Å². The van der Waals surface area contributed by atoms with Crippen molar-refractivity contribution < 1.29 is 27.6 Å². The fourth-order valence-electron chi connectivity index (χ4n) is 3.32. The summed E-state index contributed by atoms with van der Waals surface area (Å²) in [4.78, 5) is 0. The third-order valence-corrected chi connectivity index (χ3v) is 5.14. The molecule has 0 aliphatic carbocycles. The van der Waals surface area contributed by atoms with Gasteiger partial charge in [-0.1, -0.05) is 36.4 Å². The number of hydrogen-bond donors (Lipinski definition) is 0. The number of methoxy groups -OCH3 is 2. The van der Waals surface area contributed by atoms with E-state index >= 15 is 0 Å². The molecule has 33 heavy (non-hydrogen) atoms. The molecule has 0 N–H and O–H groups in total. The second kappa shape index (κ2) is 10.1. The van der Waals surface area contributed by atoms with E-state index in [1.54, 1.807) is 50.6 Å². The zero-order chi connectivity index (χ0) is 23.2. The molecule has 4 rings (SSSR count). The van der Waals surface area contributed by atoms with E-state index in [1.807, 2.05) is 24.3 Å². The van der Waals surface area contributed by atoms with Gasteiger partial charge in [0.05, 0.1) is 14.2 Å². The van der Waals surface area contributed by atoms with Gasteiger partial charge in [-0.25, -0.2) is 8.78 Å². The monoisotopic (exact) mass is 446 g/mol. The molecule has 0 atom stereocenters. The molecule has 0 bridgehead atoms. The zero-order valence-electron chi connectivity index (χ0n) is 18.2. The Bertz CT molecular complexity index is 1130. The molecule has 0 radical (unpaired) electrons. The van der Waals surface area contributed by atoms with Crippen LogP contribution in [0, 0.1) is 11.6 Å². The fraction of sp³-hybridized carbons (Fsp3) is 0.0769. The van der Waals surface area contributed by atoms with E-state index in [2.05, 4.69) is 0 Å². The van der Waals surface area contributed by atoms with Crippen LogP contribution in [0.1, 0.15) is 0 Å². The quantitative estimate of drug-likeness (QED) is 0.309. The Balaban J connectivity index is 1.38. The first kappa shape index (κ1) is 22.2. The van der Waals surface area contributed by atoms with Crippen LogP contribution in [0.3, 0.4) is 0 Å². The number of benzene rings is 4. The minimum Gasteiger partial charge on any atom is -0.526 e. The van der Waals surface area contributed by atoms with Gasteiger partial charge < -0.3 is 18.8 Å². The summed E-state index contributed by atoms with van der Waals surface area (Å²) in [5, 5.41) is 0. The first-order chi connectivity index (χ1) is 16.1. The summed E-state index contributed by atoms with van der Waals surface area (Å²) in [5.41, 5.74) is 3.08. The second-order valence-electron chi connectivity index (χ2n) is 7.15. The van der Waals surface area contributed by atoms with Gasteiger partial charge in [0, 0.05) is 0 Å². The average molecular weight is 446 g/mol. The molecule has 0 aliphatic heterocycles. The molecule has 0 aromatic heterocycles. The van der Waals surface area contributed by atoms with Gasteiger partial charge in [-0.3, -0.25) is 0 Å². The molecular formula is C26H21BF2O4. The largest absolute Gasteiger partial charge is 0.576 e. The van der Waals surface area contributed by atoms with Crippen molar-refractivity contribution in [1.29, 1.82) is 0 Å². The predicted octanol–water partition coefficient (Wildman–Crippen LogP) is 6.04. The highest BCUT2D eigenvalue weighted by atomic mass is 19.1. The average Bonchev–Trinajstić information content (AvgIpc) is 2.86. The minimum absolute atomic E-state index is 0.0162. The first-order valence-corrected chi connectivity index (χ1v) is 10.2. The number of ether oxygens (including phenoxy) is 2. The van der Waals surface area contributed by atoms with E-state index in [1.165, 1.54) is 24.3 Å². The number of halogens is 2. The highest BCUT2D eigenvalue weighted by Crippen LogP contribution is 2.29. The lowest BCUT2D eigenvalue weighted by atomic mass is 10.0. The zero-order valence-corrected chi connectivity index (χ0v) is 18.2. The minimum atomic E-state index is -0.540. The molecule has 4 aromatic carbocycles. The topological polar surface area (TPSA) is 36.9 Å². The van der Waals surface area contributed by atoms with E-state index in [0.717, 1.165) is 22.6 Å². The predicted molar refractivity (Wildman–Crippen MR) is 125 cm³/mol. The summed E-state index contributed by atoms with van der Waals surface area (Å²) in [6, 6.07) is 23.9. The summed E-state index contributed by atoms with van der Waals surface area (Å²) in [6.45, 7) is 0. The Kier molecular flexibility index (Phi) is 6.79. The van der Waals surface area contributed by atoms with Crippen molar-refractivity contribution in [3.8, 4) is 45.3 Å². The summed E-state index contributed by atoms with van der Waals surface area (Å²) in [5.74, 6) is 0.399. The van der Waals surface area contributed by atoms with Crippen LogP contribution in [0.15, 0.2) is 84.9 Å². The Morgan fingerprint density at radius 1 is 0.515 bits per heavy atom. The first-order valence-electron chi connectivity index (χ1n) is 10.2. The Morgan fingerprint density at radius 3 is 1.21 bits per heavy atom. The van der Waals surface area contributed by atoms with Crippen LogP contribution in [-0.4, -0.2) is 21.9 Å². The molecule has 0 amide bonds. The maximum absolute atomic E-state index is 14.5. The molecule has 166 valence electrons. The lowest BCUT2D eigenvalue weighted by molar-refractivity contribution is 0.415. The smallest absolute Gasteiger partial charge is 0.526 e. The summed E-state index contributed by atoms with van der Waals surface area (Å²) >= 11 is 0. The molecule has 0 saturated carbocycles. The van der Waals surface area contributed by atoms with Crippen LogP contribution < -0.4 is 18.8 Å². The Labute approximate surface area is 191 Å². The van der Waals surface area contributed by atoms with Crippen LogP contribution in [0.2, 0.25) is 0 Å². The summed E-state index contributed by atoms with van der Waals surface area (Å²) in [7, 11) is 2.84. The molecule has 7 heteroatoms. The van der Waals surface area contributed by atoms with Gasteiger partial charge in [-0.15, -0.1) is 0 Å². The van der Waals surface area contributed by atoms with Crippen LogP contribution in [0.5, 0.6) is 23.0 Å². The molecule has 0 saturated heterocycles. The Morgan fingerprint density at radius 2 is 0.879 bits per heavy atom. The molecule has 0 heterocycles. The molecule has 0 unspecified atom stereocenters. The van der Waals surface area contributed by atoms with Gasteiger partial charge >= 0.3 is 7.69 Å². The third kappa shape index (κ3) is 5.26. The normalized spacial score (nSPS) is 10.4. The molecular weight excluding hydrogens is 425 g/mol. The maximum Gasteiger partial charge on any atom is 0.576 e. The van der Waals surface area contributed by atoms with Crippen molar-refractivity contribution >= 4 is 7.69 Å². The van der Waals surface area contributed by atoms with E-state index in [-0.39, 0.29) is 19.2 Å². The molecule has 4 nitrogen and oxygen atoms in total. The van der Waals surface area contributed by atoms with Crippen molar-refractivity contribution in [3.05, 3.63) is 96.6 Å². The van der Waals surface area contributed by atoms with Crippen molar-refractivity contribution in [3.63, 3.8) is 0 Å². The van der Waals surface area contributed by atoms with E-state index in [4.69, 9.17) is 18.8 Å². The lowest BCUT2D eigenvalue weighted by Crippen LogP contribution is -2.12. The standard InChI is InChI=1S/C26H21BF2O4/c1-30-21-9-3-17(4-10-21)19-7-13-25(23(28)15-19)32-27-33-26-14-8-20(16-24(26)29)18-5-11-22(31-2)12-6-18/h3-16,27H,1-2H3. The summed E-state index contributed by atoms with van der Waals surface area (Å²) < 4.78 is 50.0. The van der Waals surface area contributed by atoms with E-state index in [0.29, 0.717) is 11.1 Å². The molecule has 0 fully saturated rings. The van der Waals surface area contributed by atoms with Gasteiger partial charge in [0.15, 0.2) is 11.6 Å². The van der Waals surface area contributed by atoms with Crippen molar-refractivity contribution in [1.82, 2.24) is 0 Å². The van der Waals surface area contributed by atoms with Crippen LogP contribution in [0.4, 0.5) is 8.78 Å². The van der Waals surface area contributed by atoms with Crippen molar-refractivity contribution in [2.75, 3.05) is 14.2 Å². The van der Waals surface area contributed by atoms with E-state index < -0.39 is 11.6 Å². The van der Waals surface area contributed by atoms with E-state index in [9.17, 15) is 8.78 Å². The highest BCUT2D eigenvalue weighted by Gasteiger charge is 2.11. The van der Waals surface area contributed by atoms with Gasteiger partial charge in [-0.2, -0.15) is 0 Å². The lowest BCUT2D eigenvalue weighted by Gasteiger charge is -2.11. The van der Waals surface area contributed by atoms with Crippen LogP contribution in [0.25, 0.3) is 22.3 Å². The SMILES string of the molecule is COc1ccc(-c2ccc(OBOc3ccc(-c4ccc(OC)cc4)cc3F)c(F)c2)cc1. The number of rotatable bonds is 8. The highest BCUT2D eigenvalue weighted by molar-refractivity contribution is 6.20. The van der Waals surface area contributed by atoms with Crippen molar-refractivity contribution in [2.24, 2.45) is 0 Å². The van der Waals surface area contributed by atoms with Gasteiger partial charge in [0.1, 0.15) is 23.0 Å². The van der Waals surface area contributed by atoms with Crippen molar-refractivity contribution in [2.45, 2.75) is 0 Å². The van der Waals surface area contributed by atoms with Crippen LogP contribution >= 0.6 is 0 Å². The third-order valence-electron chi connectivity index (χ3n) is 5.14. The number of hydrogen-bond acceptors (Lipinski definition) is 4. The fourth-order valence-corrected chi connectivity index (χ4v) is 3.32. The van der Waals surface area contributed by atoms with Gasteiger partial charge in [-0.05, 0) is 70.8 Å². The molecule has 0 aliphatic rings. The Hall–Kier alpha value is -4.00. The molecule has 4 aromatic rings. The van der Waals surface area contributed by atoms with Gasteiger partial charge in [0.2, 0.25) is 0 Å². The maximum atomic E-state index is 14.5. The molecule has 0 spiro atoms. The van der Waals surface area contributed by atoms with Gasteiger partial charge in [0.25, 0.3) is 0 Å².